The molecule has 128 valence electrons. The summed E-state index contributed by atoms with van der Waals surface area (Å²) in [6.45, 7) is 0.464. The van der Waals surface area contributed by atoms with Gasteiger partial charge in [0.2, 0.25) is 5.91 Å². The number of rotatable bonds is 4. The van der Waals surface area contributed by atoms with Crippen molar-refractivity contribution in [3.8, 4) is 0 Å². The summed E-state index contributed by atoms with van der Waals surface area (Å²) in [5, 5.41) is 2.86. The van der Waals surface area contributed by atoms with Crippen LogP contribution in [-0.4, -0.2) is 22.8 Å². The quantitative estimate of drug-likeness (QED) is 0.546. The van der Waals surface area contributed by atoms with Gasteiger partial charge in [0, 0.05) is 34.3 Å². The third-order valence-electron chi connectivity index (χ3n) is 3.74. The third-order valence-corrected chi connectivity index (χ3v) is 6.21. The van der Waals surface area contributed by atoms with Gasteiger partial charge in [-0.15, -0.1) is 20.6 Å². The summed E-state index contributed by atoms with van der Waals surface area (Å²) in [4.78, 5) is 18.9. The number of amides is 1. The Morgan fingerprint density at radius 3 is 2.88 bits per heavy atom. The lowest BCUT2D eigenvalue weighted by Gasteiger charge is -2.14. The maximum atomic E-state index is 12.3. The van der Waals surface area contributed by atoms with Crippen LogP contribution in [0.3, 0.4) is 0 Å². The molecular formula is C18H17ClN3OPS. The molecule has 0 saturated heterocycles. The van der Waals surface area contributed by atoms with Crippen molar-refractivity contribution in [3.05, 3.63) is 58.1 Å². The zero-order valence-electron chi connectivity index (χ0n) is 13.6. The standard InChI is InChI=1S/C18H17ClN3OPS/c1-22(16(23)8-6-11-5-7-15(20)21-9-11)10-14-17(19)12-3-2-4-13(24)18(12)25-14/h2-9H,10,24H2,1H3,(H2,20,21)/b8-6+. The number of anilines is 1. The number of fused-ring (bicyclic) bond motifs is 1. The highest BCUT2D eigenvalue weighted by atomic mass is 35.5. The molecule has 0 bridgehead atoms. The monoisotopic (exact) mass is 389 g/mol. The first-order chi connectivity index (χ1) is 12.0. The summed E-state index contributed by atoms with van der Waals surface area (Å²) < 4.78 is 1.14. The molecule has 0 radical (unpaired) electrons. The highest BCUT2D eigenvalue weighted by molar-refractivity contribution is 7.32. The zero-order chi connectivity index (χ0) is 18.0. The molecule has 1 unspecified atom stereocenters. The van der Waals surface area contributed by atoms with Gasteiger partial charge in [-0.05, 0) is 29.1 Å². The first kappa shape index (κ1) is 17.9. The van der Waals surface area contributed by atoms with E-state index in [2.05, 4.69) is 14.2 Å². The van der Waals surface area contributed by atoms with Gasteiger partial charge < -0.3 is 10.6 Å². The Balaban J connectivity index is 1.74. The van der Waals surface area contributed by atoms with Crippen molar-refractivity contribution in [2.75, 3.05) is 12.8 Å². The average molecular weight is 390 g/mol. The number of hydrogen-bond acceptors (Lipinski definition) is 4. The van der Waals surface area contributed by atoms with Crippen molar-refractivity contribution in [1.29, 1.82) is 0 Å². The van der Waals surface area contributed by atoms with Crippen LogP contribution in [0.25, 0.3) is 16.2 Å². The normalized spacial score (nSPS) is 11.3. The molecule has 25 heavy (non-hydrogen) atoms. The fourth-order valence-corrected chi connectivity index (χ4v) is 4.37. The number of carbonyl (C=O) groups is 1. The van der Waals surface area contributed by atoms with E-state index in [4.69, 9.17) is 17.3 Å². The number of nitrogens with zero attached hydrogens (tertiary/aromatic N) is 2. The van der Waals surface area contributed by atoms with Gasteiger partial charge in [0.1, 0.15) is 5.82 Å². The molecule has 2 aromatic heterocycles. The van der Waals surface area contributed by atoms with Crippen LogP contribution in [-0.2, 0) is 11.3 Å². The molecule has 1 atom stereocenters. The summed E-state index contributed by atoms with van der Waals surface area (Å²) in [6.07, 6.45) is 4.87. The predicted molar refractivity (Wildman–Crippen MR) is 110 cm³/mol. The first-order valence-corrected chi connectivity index (χ1v) is 9.33. The van der Waals surface area contributed by atoms with Gasteiger partial charge >= 0.3 is 0 Å². The minimum Gasteiger partial charge on any atom is -0.384 e. The highest BCUT2D eigenvalue weighted by Crippen LogP contribution is 2.35. The van der Waals surface area contributed by atoms with Crippen molar-refractivity contribution < 1.29 is 4.79 Å². The van der Waals surface area contributed by atoms with Crippen LogP contribution >= 0.6 is 32.2 Å². The van der Waals surface area contributed by atoms with E-state index >= 15 is 0 Å². The first-order valence-electron chi connectivity index (χ1n) is 7.56. The van der Waals surface area contributed by atoms with Crippen LogP contribution in [0, 0.1) is 0 Å². The minimum absolute atomic E-state index is 0.101. The van der Waals surface area contributed by atoms with Gasteiger partial charge in [0.25, 0.3) is 0 Å². The predicted octanol–water partition coefficient (Wildman–Crippen LogP) is 3.70. The second-order valence-corrected chi connectivity index (χ2v) is 7.71. The van der Waals surface area contributed by atoms with Crippen LogP contribution in [0.1, 0.15) is 10.4 Å². The Morgan fingerprint density at radius 1 is 1.40 bits per heavy atom. The number of likely N-dealkylation sites (N-methyl/N-ethyl adjacent to an activating group) is 1. The number of aromatic nitrogens is 1. The van der Waals surface area contributed by atoms with Gasteiger partial charge in [0.05, 0.1) is 11.6 Å². The van der Waals surface area contributed by atoms with Gasteiger partial charge in [-0.2, -0.15) is 0 Å². The van der Waals surface area contributed by atoms with Crippen molar-refractivity contribution in [2.24, 2.45) is 0 Å². The molecule has 7 heteroatoms. The topological polar surface area (TPSA) is 59.2 Å². The van der Waals surface area contributed by atoms with Gasteiger partial charge in [-0.1, -0.05) is 29.8 Å². The van der Waals surface area contributed by atoms with E-state index in [1.54, 1.807) is 41.6 Å². The molecule has 1 aromatic carbocycles. The van der Waals surface area contributed by atoms with Gasteiger partial charge in [-0.3, -0.25) is 4.79 Å². The maximum Gasteiger partial charge on any atom is 0.246 e. The SMILES string of the molecule is CN(Cc1sc2c(P)cccc2c1Cl)C(=O)/C=C/c1ccc(N)nc1. The number of pyridine rings is 1. The van der Waals surface area contributed by atoms with Crippen LogP contribution < -0.4 is 11.0 Å². The smallest absolute Gasteiger partial charge is 0.246 e. The molecule has 3 aromatic rings. The number of thiophene rings is 1. The van der Waals surface area contributed by atoms with E-state index < -0.39 is 0 Å². The number of nitrogens with two attached hydrogens (primary N) is 1. The van der Waals surface area contributed by atoms with E-state index in [1.165, 1.54) is 6.08 Å². The van der Waals surface area contributed by atoms with Crippen LogP contribution in [0.2, 0.25) is 5.02 Å². The molecule has 0 spiro atoms. The summed E-state index contributed by atoms with van der Waals surface area (Å²) in [5.41, 5.74) is 6.37. The molecule has 0 aliphatic rings. The van der Waals surface area contributed by atoms with Crippen LogP contribution in [0.4, 0.5) is 5.82 Å². The summed E-state index contributed by atoms with van der Waals surface area (Å²) in [7, 11) is 4.48. The Labute approximate surface area is 157 Å². The molecule has 1 amide bonds. The molecule has 0 aliphatic heterocycles. The fraction of sp³-hybridized carbons (Fsp3) is 0.111. The highest BCUT2D eigenvalue weighted by Gasteiger charge is 2.15. The van der Waals surface area contributed by atoms with E-state index in [1.807, 2.05) is 24.3 Å². The summed E-state index contributed by atoms with van der Waals surface area (Å²) >= 11 is 8.11. The Bertz CT molecular complexity index is 953. The molecule has 0 saturated carbocycles. The summed E-state index contributed by atoms with van der Waals surface area (Å²) in [5.74, 6) is 0.352. The molecule has 2 N–H and O–H groups in total. The van der Waals surface area contributed by atoms with E-state index in [0.717, 1.165) is 30.9 Å². The van der Waals surface area contributed by atoms with Gasteiger partial charge in [0.15, 0.2) is 0 Å². The third kappa shape index (κ3) is 4.01. The van der Waals surface area contributed by atoms with E-state index in [-0.39, 0.29) is 5.91 Å². The maximum absolute atomic E-state index is 12.3. The van der Waals surface area contributed by atoms with E-state index in [9.17, 15) is 4.79 Å². The summed E-state index contributed by atoms with van der Waals surface area (Å²) in [6, 6.07) is 9.52. The largest absolute Gasteiger partial charge is 0.384 e. The lowest BCUT2D eigenvalue weighted by molar-refractivity contribution is -0.125. The second-order valence-electron chi connectivity index (χ2n) is 5.61. The molecule has 2 heterocycles. The number of carbonyl (C=O) groups excluding carboxylic acids is 1. The van der Waals surface area contributed by atoms with Crippen molar-refractivity contribution in [2.45, 2.75) is 6.54 Å². The van der Waals surface area contributed by atoms with Crippen molar-refractivity contribution in [3.63, 3.8) is 0 Å². The second kappa shape index (κ2) is 7.52. The molecule has 3 rings (SSSR count). The number of benzene rings is 1. The molecule has 4 nitrogen and oxygen atoms in total. The Kier molecular flexibility index (Phi) is 5.38. The minimum atomic E-state index is -0.101. The lowest BCUT2D eigenvalue weighted by atomic mass is 10.2. The van der Waals surface area contributed by atoms with E-state index in [0.29, 0.717) is 12.4 Å². The lowest BCUT2D eigenvalue weighted by Crippen LogP contribution is -2.23. The van der Waals surface area contributed by atoms with Crippen LogP contribution in [0.15, 0.2) is 42.6 Å². The van der Waals surface area contributed by atoms with Crippen molar-refractivity contribution in [1.82, 2.24) is 9.88 Å². The molecule has 0 aliphatic carbocycles. The average Bonchev–Trinajstić information content (AvgIpc) is 2.92. The number of halogens is 1. The Morgan fingerprint density at radius 2 is 2.20 bits per heavy atom. The zero-order valence-corrected chi connectivity index (χ0v) is 16.3. The fourth-order valence-electron chi connectivity index (χ4n) is 2.36. The Hall–Kier alpha value is -1.94. The molecular weight excluding hydrogens is 373 g/mol. The number of hydrogen-bond donors (Lipinski definition) is 1. The molecule has 0 fully saturated rings. The number of nitrogen functional groups attached to an aromatic ring is 1. The van der Waals surface area contributed by atoms with Crippen molar-refractivity contribution >= 4 is 65.4 Å². The van der Waals surface area contributed by atoms with Crippen LogP contribution in [0.5, 0.6) is 0 Å². The van der Waals surface area contributed by atoms with Gasteiger partial charge in [-0.25, -0.2) is 4.98 Å².